The topological polar surface area (TPSA) is 64.2 Å². The molecule has 4 rings (SSSR count). The average Bonchev–Trinajstić information content (AvgIpc) is 3.17. The number of fused-ring (bicyclic) bond motifs is 1. The number of nitrogens with zero attached hydrogens (tertiary/aromatic N) is 1. The van der Waals surface area contributed by atoms with Gasteiger partial charge in [-0.1, -0.05) is 54.6 Å². The summed E-state index contributed by atoms with van der Waals surface area (Å²) in [6.45, 7) is 2.11. The molecule has 0 bridgehead atoms. The van der Waals surface area contributed by atoms with Crippen LogP contribution in [0.1, 0.15) is 39.8 Å². The van der Waals surface area contributed by atoms with Gasteiger partial charge in [0.05, 0.1) is 13.7 Å². The maximum atomic E-state index is 12.2. The van der Waals surface area contributed by atoms with E-state index in [0.717, 1.165) is 28.1 Å². The van der Waals surface area contributed by atoms with Crippen LogP contribution < -0.4 is 4.74 Å². The predicted octanol–water partition coefficient (Wildman–Crippen LogP) is 4.15. The van der Waals surface area contributed by atoms with Crippen molar-refractivity contribution in [1.82, 2.24) is 10.2 Å². The predicted molar refractivity (Wildman–Crippen MR) is 107 cm³/mol. The molecule has 28 heavy (non-hydrogen) atoms. The SMILES string of the molecule is CCOC(=O)c1n[nH]c2c1C=CC(c1ccccc1)(c1cccc(OC)c1)C2. The Morgan fingerprint density at radius 2 is 1.93 bits per heavy atom. The van der Waals surface area contributed by atoms with Gasteiger partial charge in [0.1, 0.15) is 5.75 Å². The number of carbonyl (C=O) groups excluding carboxylic acids is 1. The van der Waals surface area contributed by atoms with Crippen LogP contribution in [-0.2, 0) is 16.6 Å². The Hall–Kier alpha value is -3.34. The Morgan fingerprint density at radius 3 is 2.68 bits per heavy atom. The summed E-state index contributed by atoms with van der Waals surface area (Å²) >= 11 is 0. The standard InChI is InChI=1S/C23H22N2O3/c1-3-28-22(26)21-19-12-13-23(15-20(19)24-25-21,16-8-5-4-6-9-16)17-10-7-11-18(14-17)27-2/h4-14H,3,15H2,1-2H3,(H,24,25). The first-order valence-electron chi connectivity index (χ1n) is 9.31. The van der Waals surface area contributed by atoms with Crippen molar-refractivity contribution in [2.45, 2.75) is 18.8 Å². The smallest absolute Gasteiger partial charge is 0.359 e. The summed E-state index contributed by atoms with van der Waals surface area (Å²) in [5, 5.41) is 7.28. The summed E-state index contributed by atoms with van der Waals surface area (Å²) < 4.78 is 10.6. The van der Waals surface area contributed by atoms with Crippen LogP contribution in [0.25, 0.3) is 6.08 Å². The largest absolute Gasteiger partial charge is 0.497 e. The summed E-state index contributed by atoms with van der Waals surface area (Å²) in [5.74, 6) is 0.405. The van der Waals surface area contributed by atoms with Gasteiger partial charge in [0.25, 0.3) is 0 Å². The van der Waals surface area contributed by atoms with Gasteiger partial charge in [-0.25, -0.2) is 4.79 Å². The van der Waals surface area contributed by atoms with Crippen molar-refractivity contribution >= 4 is 12.0 Å². The Balaban J connectivity index is 1.84. The number of hydrogen-bond acceptors (Lipinski definition) is 4. The van der Waals surface area contributed by atoms with E-state index >= 15 is 0 Å². The molecule has 1 heterocycles. The van der Waals surface area contributed by atoms with Crippen LogP contribution in [0.2, 0.25) is 0 Å². The van der Waals surface area contributed by atoms with E-state index in [0.29, 0.717) is 18.7 Å². The number of aromatic nitrogens is 2. The molecule has 1 N–H and O–H groups in total. The highest BCUT2D eigenvalue weighted by molar-refractivity contribution is 5.92. The van der Waals surface area contributed by atoms with E-state index in [1.54, 1.807) is 14.0 Å². The molecule has 0 saturated carbocycles. The first-order chi connectivity index (χ1) is 13.7. The molecule has 0 radical (unpaired) electrons. The molecule has 3 aromatic rings. The van der Waals surface area contributed by atoms with Crippen LogP contribution in [0.15, 0.2) is 60.7 Å². The fourth-order valence-electron chi connectivity index (χ4n) is 3.82. The number of rotatable bonds is 5. The molecular formula is C23H22N2O3. The fourth-order valence-corrected chi connectivity index (χ4v) is 3.82. The van der Waals surface area contributed by atoms with Gasteiger partial charge >= 0.3 is 5.97 Å². The van der Waals surface area contributed by atoms with Crippen molar-refractivity contribution in [2.75, 3.05) is 13.7 Å². The third-order valence-corrected chi connectivity index (χ3v) is 5.22. The number of ether oxygens (including phenoxy) is 2. The minimum absolute atomic E-state index is 0.321. The van der Waals surface area contributed by atoms with E-state index in [1.807, 2.05) is 36.4 Å². The Labute approximate surface area is 164 Å². The van der Waals surface area contributed by atoms with E-state index in [9.17, 15) is 4.79 Å². The van der Waals surface area contributed by atoms with E-state index in [4.69, 9.17) is 9.47 Å². The monoisotopic (exact) mass is 374 g/mol. The molecule has 0 amide bonds. The zero-order valence-corrected chi connectivity index (χ0v) is 15.9. The first kappa shape index (κ1) is 18.0. The second kappa shape index (κ2) is 7.35. The van der Waals surface area contributed by atoms with Gasteiger partial charge < -0.3 is 9.47 Å². The molecule has 5 heteroatoms. The van der Waals surface area contributed by atoms with Crippen LogP contribution >= 0.6 is 0 Å². The number of aromatic amines is 1. The second-order valence-electron chi connectivity index (χ2n) is 6.76. The minimum Gasteiger partial charge on any atom is -0.497 e. The molecule has 5 nitrogen and oxygen atoms in total. The molecule has 1 aliphatic rings. The van der Waals surface area contributed by atoms with Crippen molar-refractivity contribution in [1.29, 1.82) is 0 Å². The van der Waals surface area contributed by atoms with Gasteiger partial charge in [-0.05, 0) is 30.2 Å². The number of esters is 1. The first-order valence-corrected chi connectivity index (χ1v) is 9.31. The third-order valence-electron chi connectivity index (χ3n) is 5.22. The number of allylic oxidation sites excluding steroid dienone is 1. The molecule has 1 aromatic heterocycles. The van der Waals surface area contributed by atoms with Crippen LogP contribution in [0, 0.1) is 0 Å². The molecule has 2 aromatic carbocycles. The van der Waals surface area contributed by atoms with E-state index in [2.05, 4.69) is 40.5 Å². The molecule has 1 unspecified atom stereocenters. The number of carbonyl (C=O) groups is 1. The number of H-pyrrole nitrogens is 1. The van der Waals surface area contributed by atoms with Gasteiger partial charge in [0.2, 0.25) is 0 Å². The summed E-state index contributed by atoms with van der Waals surface area (Å²) in [4.78, 5) is 12.2. The normalized spacial score (nSPS) is 17.8. The van der Waals surface area contributed by atoms with E-state index < -0.39 is 5.97 Å². The minimum atomic E-state index is -0.404. The number of hydrogen-bond donors (Lipinski definition) is 1. The second-order valence-corrected chi connectivity index (χ2v) is 6.76. The number of nitrogens with one attached hydrogen (secondary N) is 1. The lowest BCUT2D eigenvalue weighted by Crippen LogP contribution is -2.30. The Morgan fingerprint density at radius 1 is 1.14 bits per heavy atom. The molecule has 0 spiro atoms. The molecule has 1 aliphatic carbocycles. The summed E-state index contributed by atoms with van der Waals surface area (Å²) in [5.41, 5.74) is 3.94. The van der Waals surface area contributed by atoms with Crippen molar-refractivity contribution < 1.29 is 14.3 Å². The summed E-state index contributed by atoms with van der Waals surface area (Å²) in [6, 6.07) is 18.4. The number of methoxy groups -OCH3 is 1. The highest BCUT2D eigenvalue weighted by Crippen LogP contribution is 2.42. The van der Waals surface area contributed by atoms with Gasteiger partial charge in [-0.2, -0.15) is 5.10 Å². The zero-order chi connectivity index (χ0) is 19.6. The summed E-state index contributed by atoms with van der Waals surface area (Å²) in [6.07, 6.45) is 4.78. The van der Waals surface area contributed by atoms with Crippen molar-refractivity contribution in [2.24, 2.45) is 0 Å². The quantitative estimate of drug-likeness (QED) is 0.682. The molecular weight excluding hydrogens is 352 g/mol. The van der Waals surface area contributed by atoms with Crippen molar-refractivity contribution in [3.8, 4) is 5.75 Å². The lowest BCUT2D eigenvalue weighted by atomic mass is 9.68. The highest BCUT2D eigenvalue weighted by atomic mass is 16.5. The van der Waals surface area contributed by atoms with Crippen LogP contribution in [0.5, 0.6) is 5.75 Å². The average molecular weight is 374 g/mol. The lowest BCUT2D eigenvalue weighted by Gasteiger charge is -2.34. The Kier molecular flexibility index (Phi) is 4.74. The van der Waals surface area contributed by atoms with Gasteiger partial charge in [-0.3, -0.25) is 5.10 Å². The van der Waals surface area contributed by atoms with E-state index in [1.165, 1.54) is 0 Å². The maximum absolute atomic E-state index is 12.2. The fraction of sp³-hybridized carbons (Fsp3) is 0.217. The van der Waals surface area contributed by atoms with Crippen molar-refractivity contribution in [3.05, 3.63) is 88.8 Å². The highest BCUT2D eigenvalue weighted by Gasteiger charge is 2.37. The summed E-state index contributed by atoms with van der Waals surface area (Å²) in [7, 11) is 1.67. The Bertz CT molecular complexity index is 1020. The molecule has 142 valence electrons. The van der Waals surface area contributed by atoms with Gasteiger partial charge in [0, 0.05) is 23.1 Å². The lowest BCUT2D eigenvalue weighted by molar-refractivity contribution is 0.0519. The molecule has 0 aliphatic heterocycles. The maximum Gasteiger partial charge on any atom is 0.359 e. The van der Waals surface area contributed by atoms with E-state index in [-0.39, 0.29) is 5.41 Å². The zero-order valence-electron chi connectivity index (χ0n) is 15.9. The van der Waals surface area contributed by atoms with Gasteiger partial charge in [-0.15, -0.1) is 0 Å². The van der Waals surface area contributed by atoms with Crippen molar-refractivity contribution in [3.63, 3.8) is 0 Å². The van der Waals surface area contributed by atoms with Crippen LogP contribution in [0.3, 0.4) is 0 Å². The van der Waals surface area contributed by atoms with Crippen LogP contribution in [0.4, 0.5) is 0 Å². The molecule has 0 saturated heterocycles. The van der Waals surface area contributed by atoms with Crippen LogP contribution in [-0.4, -0.2) is 29.9 Å². The number of benzene rings is 2. The van der Waals surface area contributed by atoms with Gasteiger partial charge in [0.15, 0.2) is 5.69 Å². The molecule has 1 atom stereocenters. The molecule has 0 fully saturated rings. The third kappa shape index (κ3) is 2.99.